The number of ether oxygens (including phenoxy) is 2. The molecule has 0 spiro atoms. The van der Waals surface area contributed by atoms with Gasteiger partial charge in [0.1, 0.15) is 34.7 Å². The lowest BCUT2D eigenvalue weighted by Crippen LogP contribution is -2.57. The molecule has 0 radical (unpaired) electrons. The van der Waals surface area contributed by atoms with Crippen molar-refractivity contribution in [1.29, 1.82) is 0 Å². The number of halogens is 3. The fraction of sp³-hybridized carbons (Fsp3) is 0.308. The smallest absolute Gasteiger partial charge is 0.420 e. The van der Waals surface area contributed by atoms with E-state index in [4.69, 9.17) is 9.47 Å². The first-order valence-electron chi connectivity index (χ1n) is 11.6. The van der Waals surface area contributed by atoms with Crippen LogP contribution in [0.5, 0.6) is 17.2 Å². The van der Waals surface area contributed by atoms with Crippen molar-refractivity contribution in [2.75, 3.05) is 19.1 Å². The van der Waals surface area contributed by atoms with E-state index in [1.165, 1.54) is 63.3 Å². The van der Waals surface area contributed by atoms with Crippen LogP contribution in [-0.2, 0) is 28.3 Å². The number of hydrogen-bond acceptors (Lipinski definition) is 7. The van der Waals surface area contributed by atoms with Crippen LogP contribution < -0.4 is 20.1 Å². The van der Waals surface area contributed by atoms with Gasteiger partial charge in [-0.2, -0.15) is 13.2 Å². The van der Waals surface area contributed by atoms with Crippen LogP contribution in [-0.4, -0.2) is 50.6 Å². The Balaban J connectivity index is 1.68. The number of rotatable bonds is 11. The maximum Gasteiger partial charge on any atom is 0.420 e. The third kappa shape index (κ3) is 8.24. The molecule has 2 aromatic carbocycles. The van der Waals surface area contributed by atoms with Crippen molar-refractivity contribution in [3.05, 3.63) is 77.9 Å². The molecule has 1 aromatic heterocycles. The summed E-state index contributed by atoms with van der Waals surface area (Å²) < 4.78 is 62.4. The fourth-order valence-electron chi connectivity index (χ4n) is 3.45. The van der Waals surface area contributed by atoms with Gasteiger partial charge in [0.05, 0.1) is 12.7 Å². The summed E-state index contributed by atoms with van der Waals surface area (Å²) in [4.78, 5) is 33.4. The number of hydrogen-bond donors (Lipinski definition) is 2. The van der Waals surface area contributed by atoms with E-state index in [0.29, 0.717) is 5.56 Å². The van der Waals surface area contributed by atoms with Crippen molar-refractivity contribution in [3.8, 4) is 17.2 Å². The van der Waals surface area contributed by atoms with Crippen LogP contribution in [0.1, 0.15) is 34.8 Å². The van der Waals surface area contributed by atoms with E-state index in [1.807, 2.05) is 0 Å². The number of carbonyl (C=O) groups excluding carboxylic acids is 2. The second-order valence-corrected chi connectivity index (χ2v) is 10.3. The van der Waals surface area contributed by atoms with E-state index in [1.54, 1.807) is 12.1 Å². The van der Waals surface area contributed by atoms with Crippen molar-refractivity contribution in [1.82, 2.24) is 20.6 Å². The maximum absolute atomic E-state index is 13.5. The number of benzene rings is 2. The van der Waals surface area contributed by atoms with Crippen molar-refractivity contribution < 1.29 is 36.4 Å². The summed E-state index contributed by atoms with van der Waals surface area (Å²) in [5.74, 6) is -1.07. The maximum atomic E-state index is 13.5. The average molecular weight is 565 g/mol. The molecule has 0 saturated heterocycles. The topological polar surface area (TPSA) is 120 Å². The normalized spacial score (nSPS) is 13.6. The SMILES string of the molecule is COc1ccc(Oc2ccc(CNC(=O)C(C)(CCS(C)=O)NC(=O)c3cncnc3)cc2)c(C(F)(F)F)c1. The quantitative estimate of drug-likeness (QED) is 0.363. The van der Waals surface area contributed by atoms with Gasteiger partial charge in [-0.25, -0.2) is 9.97 Å². The zero-order chi connectivity index (χ0) is 28.6. The van der Waals surface area contributed by atoms with Crippen molar-refractivity contribution in [2.45, 2.75) is 31.6 Å². The molecule has 2 unspecified atom stereocenters. The molecule has 3 aromatic rings. The molecule has 2 atom stereocenters. The third-order valence-electron chi connectivity index (χ3n) is 5.70. The molecule has 0 bridgehead atoms. The summed E-state index contributed by atoms with van der Waals surface area (Å²) in [6.45, 7) is 1.59. The summed E-state index contributed by atoms with van der Waals surface area (Å²) in [6.07, 6.45) is 0.854. The molecule has 39 heavy (non-hydrogen) atoms. The minimum absolute atomic E-state index is 0.0474. The molecule has 0 fully saturated rings. The molecule has 3 rings (SSSR count). The highest BCUT2D eigenvalue weighted by Gasteiger charge is 2.36. The molecule has 1 heterocycles. The molecular formula is C26H27F3N4O5S. The molecule has 9 nitrogen and oxygen atoms in total. The van der Waals surface area contributed by atoms with Crippen LogP contribution in [0.15, 0.2) is 61.2 Å². The Kier molecular flexibility index (Phi) is 9.62. The standard InChI is InChI=1S/C26H27F3N4O5S/c1-25(10-11-39(3)36,33-23(34)18-14-30-16-31-15-18)24(35)32-13-17-4-6-19(7-5-17)38-22-9-8-20(37-2)12-21(22)26(27,28)29/h4-9,12,14-16H,10-11,13H2,1-3H3,(H,32,35)(H,33,34). The Labute approximate surface area is 225 Å². The van der Waals surface area contributed by atoms with Crippen LogP contribution in [0, 0.1) is 0 Å². The molecule has 2 N–H and O–H groups in total. The predicted molar refractivity (Wildman–Crippen MR) is 138 cm³/mol. The lowest BCUT2D eigenvalue weighted by atomic mass is 9.96. The summed E-state index contributed by atoms with van der Waals surface area (Å²) in [5.41, 5.74) is -1.57. The average Bonchev–Trinajstić information content (AvgIpc) is 2.91. The van der Waals surface area contributed by atoms with Crippen LogP contribution in [0.4, 0.5) is 13.2 Å². The Morgan fingerprint density at radius 2 is 1.67 bits per heavy atom. The molecule has 2 amide bonds. The summed E-state index contributed by atoms with van der Waals surface area (Å²) in [6, 6.07) is 9.52. The second kappa shape index (κ2) is 12.7. The van der Waals surface area contributed by atoms with Crippen molar-refractivity contribution >= 4 is 22.6 Å². The Bertz CT molecular complexity index is 1320. The van der Waals surface area contributed by atoms with Gasteiger partial charge >= 0.3 is 6.18 Å². The predicted octanol–water partition coefficient (Wildman–Crippen LogP) is 3.87. The number of aromatic nitrogens is 2. The third-order valence-corrected chi connectivity index (χ3v) is 6.48. The molecule has 208 valence electrons. The second-order valence-electron chi connectivity index (χ2n) is 8.73. The molecule has 0 saturated carbocycles. The van der Waals surface area contributed by atoms with Crippen LogP contribution in [0.25, 0.3) is 0 Å². The minimum Gasteiger partial charge on any atom is -0.497 e. The highest BCUT2D eigenvalue weighted by atomic mass is 32.2. The minimum atomic E-state index is -4.64. The summed E-state index contributed by atoms with van der Waals surface area (Å²) in [5, 5.41) is 5.42. The van der Waals surface area contributed by atoms with Gasteiger partial charge in [-0.1, -0.05) is 12.1 Å². The lowest BCUT2D eigenvalue weighted by molar-refractivity contribution is -0.138. The largest absolute Gasteiger partial charge is 0.497 e. The number of alkyl halides is 3. The number of amides is 2. The lowest BCUT2D eigenvalue weighted by Gasteiger charge is -2.29. The highest BCUT2D eigenvalue weighted by Crippen LogP contribution is 2.40. The monoisotopic (exact) mass is 564 g/mol. The van der Waals surface area contributed by atoms with E-state index in [-0.39, 0.29) is 41.5 Å². The van der Waals surface area contributed by atoms with Gasteiger partial charge in [0, 0.05) is 41.7 Å². The molecule has 0 aliphatic carbocycles. The number of nitrogens with one attached hydrogen (secondary N) is 2. The zero-order valence-corrected chi connectivity index (χ0v) is 22.2. The zero-order valence-electron chi connectivity index (χ0n) is 21.4. The molecule has 13 heteroatoms. The van der Waals surface area contributed by atoms with E-state index < -0.39 is 39.9 Å². The van der Waals surface area contributed by atoms with E-state index in [0.717, 1.165) is 6.07 Å². The Hall–Kier alpha value is -4.00. The number of nitrogens with zero attached hydrogens (tertiary/aromatic N) is 2. The highest BCUT2D eigenvalue weighted by molar-refractivity contribution is 7.84. The molecule has 0 aliphatic heterocycles. The Morgan fingerprint density at radius 1 is 1.03 bits per heavy atom. The molecule has 0 aliphatic rings. The first-order chi connectivity index (χ1) is 18.4. The summed E-state index contributed by atoms with van der Waals surface area (Å²) in [7, 11) is 0.0666. The van der Waals surface area contributed by atoms with Gasteiger partial charge in [0.2, 0.25) is 5.91 Å². The Morgan fingerprint density at radius 3 is 2.26 bits per heavy atom. The van der Waals surface area contributed by atoms with E-state index >= 15 is 0 Å². The van der Waals surface area contributed by atoms with Crippen LogP contribution in [0.3, 0.4) is 0 Å². The van der Waals surface area contributed by atoms with Gasteiger partial charge in [0.25, 0.3) is 5.91 Å². The van der Waals surface area contributed by atoms with Gasteiger partial charge in [-0.05, 0) is 49.2 Å². The van der Waals surface area contributed by atoms with Crippen LogP contribution in [0.2, 0.25) is 0 Å². The van der Waals surface area contributed by atoms with Crippen LogP contribution >= 0.6 is 0 Å². The van der Waals surface area contributed by atoms with E-state index in [9.17, 15) is 27.0 Å². The molecular weight excluding hydrogens is 537 g/mol. The van der Waals surface area contributed by atoms with Gasteiger partial charge in [-0.15, -0.1) is 0 Å². The van der Waals surface area contributed by atoms with Gasteiger partial charge < -0.3 is 20.1 Å². The number of carbonyl (C=O) groups is 2. The first kappa shape index (κ1) is 29.6. The first-order valence-corrected chi connectivity index (χ1v) is 13.3. The number of methoxy groups -OCH3 is 1. The summed E-state index contributed by atoms with van der Waals surface area (Å²) >= 11 is 0. The van der Waals surface area contributed by atoms with E-state index in [2.05, 4.69) is 20.6 Å². The fourth-order valence-corrected chi connectivity index (χ4v) is 4.14. The van der Waals surface area contributed by atoms with Gasteiger partial charge in [0.15, 0.2) is 0 Å². The van der Waals surface area contributed by atoms with Gasteiger partial charge in [-0.3, -0.25) is 13.8 Å². The van der Waals surface area contributed by atoms with Crippen molar-refractivity contribution in [3.63, 3.8) is 0 Å². The van der Waals surface area contributed by atoms with Crippen molar-refractivity contribution in [2.24, 2.45) is 0 Å².